The maximum atomic E-state index is 12.7. The van der Waals surface area contributed by atoms with Gasteiger partial charge in [-0.05, 0) is 83.0 Å². The molecule has 0 atom stereocenters. The number of nitrogens with one attached hydrogen (secondary N) is 3. The normalized spacial score (nSPS) is 18.4. The summed E-state index contributed by atoms with van der Waals surface area (Å²) >= 11 is 6.39. The Bertz CT molecular complexity index is 1220. The van der Waals surface area contributed by atoms with Gasteiger partial charge >= 0.3 is 0 Å². The summed E-state index contributed by atoms with van der Waals surface area (Å²) in [4.78, 5) is 12.1. The van der Waals surface area contributed by atoms with E-state index in [1.165, 1.54) is 25.0 Å². The molecule has 2 fully saturated rings. The molecule has 1 aliphatic heterocycles. The van der Waals surface area contributed by atoms with Crippen molar-refractivity contribution in [3.8, 4) is 5.75 Å². The van der Waals surface area contributed by atoms with E-state index in [0.717, 1.165) is 50.2 Å². The monoisotopic (exact) mass is 563 g/mol. The molecule has 0 radical (unpaired) electrons. The molecule has 2 aliphatic rings. The molecule has 1 saturated carbocycles. The molecule has 1 aromatic carbocycles. The van der Waals surface area contributed by atoms with Crippen LogP contribution in [0.3, 0.4) is 0 Å². The number of halogens is 1. The zero-order chi connectivity index (χ0) is 27.7. The third-order valence-corrected chi connectivity index (χ3v) is 8.63. The predicted molar refractivity (Wildman–Crippen MR) is 157 cm³/mol. The number of ether oxygens (including phenoxy) is 1. The third-order valence-electron chi connectivity index (χ3n) is 6.28. The first-order chi connectivity index (χ1) is 18.2. The summed E-state index contributed by atoms with van der Waals surface area (Å²) in [6.45, 7) is 8.68. The number of hydrogen-bond donors (Lipinski definition) is 4. The van der Waals surface area contributed by atoms with Crippen molar-refractivity contribution in [3.63, 3.8) is 0 Å². The van der Waals surface area contributed by atoms with Gasteiger partial charge in [0, 0.05) is 19.5 Å². The van der Waals surface area contributed by atoms with Crippen LogP contribution in [0, 0.1) is 0 Å². The molecule has 1 heterocycles. The maximum absolute atomic E-state index is 12.7. The van der Waals surface area contributed by atoms with Crippen molar-refractivity contribution in [2.45, 2.75) is 56.8 Å². The topological polar surface area (TPSA) is 143 Å². The van der Waals surface area contributed by atoms with Gasteiger partial charge in [-0.1, -0.05) is 17.7 Å². The Kier molecular flexibility index (Phi) is 10.7. The molecule has 0 aromatic heterocycles. The Balaban J connectivity index is 1.86. The summed E-state index contributed by atoms with van der Waals surface area (Å²) in [5, 5.41) is 8.65. The summed E-state index contributed by atoms with van der Waals surface area (Å²) in [6, 6.07) is 6.28. The van der Waals surface area contributed by atoms with Crippen LogP contribution in [0.1, 0.15) is 51.0 Å². The SMILES string of the molecule is C=N/C=C(/Cl)C(=NCNc1ccc(C2CCNCC2)cc1OC1CC1)NC(C=NC)=C(N)S(=O)(=O)C(C)C. The van der Waals surface area contributed by atoms with Crippen molar-refractivity contribution >= 4 is 45.9 Å². The van der Waals surface area contributed by atoms with Crippen LogP contribution in [0.4, 0.5) is 5.69 Å². The quantitative estimate of drug-likeness (QED) is 0.225. The smallest absolute Gasteiger partial charge is 0.197 e. The van der Waals surface area contributed by atoms with Gasteiger partial charge in [0.25, 0.3) is 0 Å². The van der Waals surface area contributed by atoms with Gasteiger partial charge in [-0.15, -0.1) is 0 Å². The first-order valence-corrected chi connectivity index (χ1v) is 14.6. The molecule has 12 heteroatoms. The number of sulfone groups is 1. The van der Waals surface area contributed by atoms with Crippen molar-refractivity contribution in [1.29, 1.82) is 0 Å². The van der Waals surface area contributed by atoms with Crippen LogP contribution >= 0.6 is 11.6 Å². The number of hydrogen-bond acceptors (Lipinski definition) is 9. The number of amidine groups is 1. The Morgan fingerprint density at radius 3 is 2.61 bits per heavy atom. The molecule has 208 valence electrons. The van der Waals surface area contributed by atoms with Crippen LogP contribution in [-0.2, 0) is 9.84 Å². The van der Waals surface area contributed by atoms with Crippen molar-refractivity contribution < 1.29 is 13.2 Å². The molecule has 10 nitrogen and oxygen atoms in total. The highest BCUT2D eigenvalue weighted by atomic mass is 35.5. The van der Waals surface area contributed by atoms with Gasteiger partial charge < -0.3 is 26.4 Å². The second-order valence-corrected chi connectivity index (χ2v) is 12.4. The zero-order valence-electron chi connectivity index (χ0n) is 22.2. The lowest BCUT2D eigenvalue weighted by atomic mass is 9.90. The van der Waals surface area contributed by atoms with E-state index in [-0.39, 0.29) is 34.4 Å². The van der Waals surface area contributed by atoms with Crippen LogP contribution in [0.2, 0.25) is 0 Å². The number of nitrogens with zero attached hydrogens (tertiary/aromatic N) is 3. The second kappa shape index (κ2) is 13.8. The molecule has 5 N–H and O–H groups in total. The number of anilines is 1. The van der Waals surface area contributed by atoms with E-state index in [9.17, 15) is 8.42 Å². The summed E-state index contributed by atoms with van der Waals surface area (Å²) in [7, 11) is -2.25. The summed E-state index contributed by atoms with van der Waals surface area (Å²) in [6.07, 6.45) is 7.15. The molecule has 0 unspecified atom stereocenters. The van der Waals surface area contributed by atoms with Crippen LogP contribution in [0.5, 0.6) is 5.75 Å². The molecule has 0 amide bonds. The average Bonchev–Trinajstić information content (AvgIpc) is 3.72. The predicted octanol–water partition coefficient (Wildman–Crippen LogP) is 3.48. The maximum Gasteiger partial charge on any atom is 0.197 e. The zero-order valence-corrected chi connectivity index (χ0v) is 23.8. The Morgan fingerprint density at radius 1 is 1.29 bits per heavy atom. The van der Waals surface area contributed by atoms with Gasteiger partial charge in [0.2, 0.25) is 0 Å². The molecular formula is C26H38ClN7O3S. The first kappa shape index (κ1) is 29.7. The largest absolute Gasteiger partial charge is 0.488 e. The molecular weight excluding hydrogens is 526 g/mol. The number of aliphatic imine (C=N–C) groups is 3. The highest BCUT2D eigenvalue weighted by Crippen LogP contribution is 2.36. The number of benzene rings is 1. The second-order valence-electron chi connectivity index (χ2n) is 9.48. The van der Waals surface area contributed by atoms with Crippen molar-refractivity contribution in [3.05, 3.63) is 45.7 Å². The standard InChI is InChI=1S/C26H38ClN7O3S/c1-17(2)38(35,36)25(28)23(15-30-4)34-26(21(27)14-29-3)33-16-32-22-8-5-19(18-9-11-31-12-10-18)13-24(22)37-20-6-7-20/h5,8,13-15,17-18,20,31-32H,3,6-7,9-12,16,28H2,1-2,4H3,(H,33,34)/b21-14+,25-23?,30-15?. The lowest BCUT2D eigenvalue weighted by Crippen LogP contribution is -2.32. The lowest BCUT2D eigenvalue weighted by molar-refractivity contribution is 0.304. The van der Waals surface area contributed by atoms with Crippen LogP contribution in [-0.4, -0.2) is 65.3 Å². The summed E-state index contributed by atoms with van der Waals surface area (Å²) in [5.41, 5.74) is 8.16. The van der Waals surface area contributed by atoms with E-state index in [4.69, 9.17) is 22.1 Å². The minimum atomic E-state index is -3.76. The number of piperidine rings is 1. The van der Waals surface area contributed by atoms with Gasteiger partial charge in [-0.25, -0.2) is 13.4 Å². The summed E-state index contributed by atoms with van der Waals surface area (Å²) in [5.74, 6) is 1.46. The van der Waals surface area contributed by atoms with E-state index in [1.807, 2.05) is 6.07 Å². The molecule has 3 rings (SSSR count). The van der Waals surface area contributed by atoms with Crippen molar-refractivity contribution in [1.82, 2.24) is 10.6 Å². The molecule has 0 bridgehead atoms. The van der Waals surface area contributed by atoms with E-state index in [1.54, 1.807) is 13.8 Å². The fraction of sp³-hybridized carbons (Fsp3) is 0.500. The summed E-state index contributed by atoms with van der Waals surface area (Å²) < 4.78 is 31.5. The van der Waals surface area contributed by atoms with Crippen LogP contribution < -0.4 is 26.4 Å². The van der Waals surface area contributed by atoms with Gasteiger partial charge in [0.05, 0.1) is 22.7 Å². The Hall–Kier alpha value is -2.89. The number of allylic oxidation sites excluding steroid dienone is 1. The number of rotatable bonds is 12. The Labute approximate surface area is 230 Å². The average molecular weight is 564 g/mol. The molecule has 0 spiro atoms. The molecule has 1 aromatic rings. The van der Waals surface area contributed by atoms with Crippen molar-refractivity contribution in [2.24, 2.45) is 20.7 Å². The fourth-order valence-corrected chi connectivity index (χ4v) is 4.99. The molecule has 1 aliphatic carbocycles. The highest BCUT2D eigenvalue weighted by Gasteiger charge is 2.26. The molecule has 1 saturated heterocycles. The van der Waals surface area contributed by atoms with E-state index in [2.05, 4.69) is 49.8 Å². The van der Waals surface area contributed by atoms with Crippen molar-refractivity contribution in [2.75, 3.05) is 32.1 Å². The van der Waals surface area contributed by atoms with Gasteiger partial charge in [-0.3, -0.25) is 9.98 Å². The fourth-order valence-electron chi connectivity index (χ4n) is 3.90. The van der Waals surface area contributed by atoms with E-state index in [0.29, 0.717) is 5.92 Å². The van der Waals surface area contributed by atoms with Gasteiger partial charge in [-0.2, -0.15) is 0 Å². The van der Waals surface area contributed by atoms with E-state index < -0.39 is 15.1 Å². The minimum Gasteiger partial charge on any atom is -0.488 e. The minimum absolute atomic E-state index is 0.0552. The Morgan fingerprint density at radius 2 is 2.00 bits per heavy atom. The van der Waals surface area contributed by atoms with Crippen LogP contribution in [0.15, 0.2) is 55.1 Å². The lowest BCUT2D eigenvalue weighted by Gasteiger charge is -2.24. The van der Waals surface area contributed by atoms with Crippen LogP contribution in [0.25, 0.3) is 0 Å². The van der Waals surface area contributed by atoms with Gasteiger partial charge in [0.15, 0.2) is 14.9 Å². The van der Waals surface area contributed by atoms with E-state index >= 15 is 0 Å². The third kappa shape index (κ3) is 8.05. The number of nitrogens with two attached hydrogens (primary N) is 1. The molecule has 38 heavy (non-hydrogen) atoms. The highest BCUT2D eigenvalue weighted by molar-refractivity contribution is 7.95. The first-order valence-electron chi connectivity index (χ1n) is 12.7. The van der Waals surface area contributed by atoms with Gasteiger partial charge in [0.1, 0.15) is 23.3 Å².